The van der Waals surface area contributed by atoms with Crippen molar-refractivity contribution in [3.63, 3.8) is 0 Å². The van der Waals surface area contributed by atoms with Gasteiger partial charge in [-0.1, -0.05) is 109 Å². The minimum Gasteiger partial charge on any atom is -0.453 e. The Morgan fingerprint density at radius 1 is 0.733 bits per heavy atom. The number of benzene rings is 4. The lowest BCUT2D eigenvalue weighted by Crippen LogP contribution is -2.57. The number of hydrogen-bond acceptors (Lipinski definition) is 5. The van der Waals surface area contributed by atoms with Crippen LogP contribution in [0.25, 0.3) is 0 Å². The van der Waals surface area contributed by atoms with Gasteiger partial charge in [-0.25, -0.2) is 4.79 Å². The van der Waals surface area contributed by atoms with Gasteiger partial charge < -0.3 is 4.74 Å². The lowest BCUT2D eigenvalue weighted by Gasteiger charge is -2.54. The van der Waals surface area contributed by atoms with E-state index in [-0.39, 0.29) is 6.42 Å². The highest BCUT2D eigenvalue weighted by atomic mass is 35.5. The fourth-order valence-electron chi connectivity index (χ4n) is 7.37. The number of likely N-dealkylation sites (tertiary alicyclic amines) is 1. The van der Waals surface area contributed by atoms with Crippen LogP contribution in [0.15, 0.2) is 103 Å². The molecule has 4 atom stereocenters. The van der Waals surface area contributed by atoms with Crippen LogP contribution in [0, 0.1) is 18.8 Å². The number of carbonyl (C=O) groups is 4. The highest BCUT2D eigenvalue weighted by Crippen LogP contribution is 2.69. The highest BCUT2D eigenvalue weighted by molar-refractivity contribution is 6.36. The molecular formula is C37H29Cl2NO5. The number of ether oxygens (including phenoxy) is 1. The van der Waals surface area contributed by atoms with E-state index in [1.54, 1.807) is 36.4 Å². The largest absolute Gasteiger partial charge is 0.453 e. The number of alkyl halides is 2. The number of ketones is 1. The van der Waals surface area contributed by atoms with Crippen LogP contribution in [-0.2, 0) is 35.3 Å². The third-order valence-electron chi connectivity index (χ3n) is 9.47. The van der Waals surface area contributed by atoms with E-state index < -0.39 is 57.3 Å². The van der Waals surface area contributed by atoms with Crippen LogP contribution in [0.2, 0.25) is 0 Å². The minimum absolute atomic E-state index is 0.00744. The van der Waals surface area contributed by atoms with Crippen molar-refractivity contribution in [2.45, 2.75) is 42.2 Å². The molecule has 8 heteroatoms. The molecule has 0 spiro atoms. The molecule has 6 nitrogen and oxygen atoms in total. The number of nitrogens with zero attached hydrogens (tertiary/aromatic N) is 1. The number of amides is 2. The molecule has 2 amide bonds. The zero-order chi connectivity index (χ0) is 31.7. The normalized spacial score (nSPS) is 25.6. The van der Waals surface area contributed by atoms with Crippen molar-refractivity contribution in [1.82, 2.24) is 4.90 Å². The lowest BCUT2D eigenvalue weighted by atomic mass is 9.54. The molecule has 0 N–H and O–H groups in total. The molecule has 0 aromatic heterocycles. The van der Waals surface area contributed by atoms with E-state index in [0.717, 1.165) is 10.5 Å². The van der Waals surface area contributed by atoms with Gasteiger partial charge in [0.05, 0.1) is 11.8 Å². The second kappa shape index (κ2) is 10.7. The zero-order valence-corrected chi connectivity index (χ0v) is 26.1. The van der Waals surface area contributed by atoms with Gasteiger partial charge in [0.15, 0.2) is 6.10 Å². The summed E-state index contributed by atoms with van der Waals surface area (Å²) in [5.74, 6) is -4.56. The maximum atomic E-state index is 14.6. The standard InChI is InChI=1S/C37H29Cl2NO5/c1-21-16-18-24(19-17-21)32(41)22(2)45-35(44)29(20-23-10-4-3-5-11-23)40-33(42)30-31(34(40)43)37(39)26-13-7-6-12-25(26)36(30,38)27-14-8-9-15-28(27)37/h3-19,22,29-31H,20H2,1-2H3/t22-,29-,30+,31+,36?,37?/m0/s1. The van der Waals surface area contributed by atoms with E-state index >= 15 is 0 Å². The van der Waals surface area contributed by atoms with Gasteiger partial charge in [0.1, 0.15) is 15.8 Å². The molecule has 0 saturated carbocycles. The molecule has 2 bridgehead atoms. The Morgan fingerprint density at radius 2 is 1.18 bits per heavy atom. The van der Waals surface area contributed by atoms with E-state index in [1.165, 1.54) is 6.92 Å². The van der Waals surface area contributed by atoms with Crippen molar-refractivity contribution in [1.29, 1.82) is 0 Å². The summed E-state index contributed by atoms with van der Waals surface area (Å²) in [6, 6.07) is 29.4. The fraction of sp³-hybridized carbons (Fsp3) is 0.243. The number of rotatable bonds is 7. The number of aryl methyl sites for hydroxylation is 1. The van der Waals surface area contributed by atoms with Crippen LogP contribution < -0.4 is 0 Å². The van der Waals surface area contributed by atoms with Gasteiger partial charge in [-0.2, -0.15) is 0 Å². The summed E-state index contributed by atoms with van der Waals surface area (Å²) in [6.45, 7) is 3.40. The maximum Gasteiger partial charge on any atom is 0.330 e. The summed E-state index contributed by atoms with van der Waals surface area (Å²) in [6.07, 6.45) is -1.16. The molecule has 1 saturated heterocycles. The zero-order valence-electron chi connectivity index (χ0n) is 24.6. The molecule has 4 aromatic rings. The first-order valence-electron chi connectivity index (χ1n) is 14.9. The molecule has 4 aliphatic rings. The van der Waals surface area contributed by atoms with Gasteiger partial charge in [0, 0.05) is 12.0 Å². The van der Waals surface area contributed by atoms with Crippen molar-refractivity contribution < 1.29 is 23.9 Å². The molecule has 0 radical (unpaired) electrons. The van der Waals surface area contributed by atoms with E-state index in [4.69, 9.17) is 27.9 Å². The first-order chi connectivity index (χ1) is 21.6. The number of halogens is 2. The molecule has 8 rings (SSSR count). The molecule has 1 heterocycles. The summed E-state index contributed by atoms with van der Waals surface area (Å²) in [7, 11) is 0. The summed E-state index contributed by atoms with van der Waals surface area (Å²) in [4.78, 5) is 54.7. The molecule has 226 valence electrons. The van der Waals surface area contributed by atoms with Crippen LogP contribution >= 0.6 is 23.2 Å². The minimum atomic E-state index is -1.38. The summed E-state index contributed by atoms with van der Waals surface area (Å²) in [5, 5.41) is 0. The Hall–Kier alpha value is -4.26. The van der Waals surface area contributed by atoms with Gasteiger partial charge in [-0.3, -0.25) is 19.3 Å². The molecule has 1 fully saturated rings. The molecular weight excluding hydrogens is 609 g/mol. The number of hydrogen-bond donors (Lipinski definition) is 0. The van der Waals surface area contributed by atoms with Crippen LogP contribution in [0.4, 0.5) is 0 Å². The van der Waals surface area contributed by atoms with Gasteiger partial charge in [-0.05, 0) is 41.7 Å². The van der Waals surface area contributed by atoms with Crippen LogP contribution in [0.1, 0.15) is 50.7 Å². The van der Waals surface area contributed by atoms with Crippen LogP contribution in [0.5, 0.6) is 0 Å². The Labute approximate surface area is 270 Å². The molecule has 0 unspecified atom stereocenters. The first-order valence-corrected chi connectivity index (χ1v) is 15.6. The van der Waals surface area contributed by atoms with Gasteiger partial charge in [-0.15, -0.1) is 23.2 Å². The maximum absolute atomic E-state index is 14.6. The topological polar surface area (TPSA) is 80.8 Å². The number of Topliss-reactive ketones (excluding diaryl/α,β-unsaturated/α-hetero) is 1. The SMILES string of the molecule is Cc1ccc(C(=O)[C@H](C)OC(=O)[C@H](Cc2ccccc2)N2C(=O)[C@H]3[C@H](C2=O)C2(Cl)c4ccccc4C3(Cl)c3ccccc32)cc1. The molecule has 4 aromatic carbocycles. The Morgan fingerprint density at radius 3 is 1.64 bits per heavy atom. The number of imide groups is 1. The fourth-order valence-corrected chi connectivity index (χ4v) is 8.47. The van der Waals surface area contributed by atoms with Gasteiger partial charge >= 0.3 is 5.97 Å². The van der Waals surface area contributed by atoms with E-state index in [2.05, 4.69) is 0 Å². The van der Waals surface area contributed by atoms with Gasteiger partial charge in [0.2, 0.25) is 17.6 Å². The van der Waals surface area contributed by atoms with Crippen molar-refractivity contribution in [2.24, 2.45) is 11.8 Å². The van der Waals surface area contributed by atoms with E-state index in [0.29, 0.717) is 33.4 Å². The van der Waals surface area contributed by atoms with Crippen LogP contribution in [0.3, 0.4) is 0 Å². The summed E-state index contributed by atoms with van der Waals surface area (Å²) >= 11 is 15.2. The van der Waals surface area contributed by atoms with Crippen LogP contribution in [-0.4, -0.2) is 40.6 Å². The number of esters is 1. The highest BCUT2D eigenvalue weighted by Gasteiger charge is 2.73. The van der Waals surface area contributed by atoms with E-state index in [9.17, 15) is 19.2 Å². The number of carbonyl (C=O) groups excluding carboxylic acids is 4. The Kier molecular flexibility index (Phi) is 6.99. The predicted molar refractivity (Wildman–Crippen MR) is 170 cm³/mol. The first kappa shape index (κ1) is 29.5. The lowest BCUT2D eigenvalue weighted by molar-refractivity contribution is -0.160. The molecule has 1 aliphatic heterocycles. The smallest absolute Gasteiger partial charge is 0.330 e. The second-order valence-electron chi connectivity index (χ2n) is 12.0. The Balaban J connectivity index is 1.30. The average Bonchev–Trinajstić information content (AvgIpc) is 3.33. The monoisotopic (exact) mass is 637 g/mol. The van der Waals surface area contributed by atoms with Crippen molar-refractivity contribution >= 4 is 46.8 Å². The molecule has 3 aliphatic carbocycles. The summed E-state index contributed by atoms with van der Waals surface area (Å²) in [5.41, 5.74) is 4.77. The summed E-state index contributed by atoms with van der Waals surface area (Å²) < 4.78 is 5.74. The predicted octanol–water partition coefficient (Wildman–Crippen LogP) is 6.31. The third-order valence-corrected chi connectivity index (χ3v) is 10.8. The Bertz CT molecular complexity index is 1750. The van der Waals surface area contributed by atoms with Crippen molar-refractivity contribution in [3.05, 3.63) is 142 Å². The molecule has 45 heavy (non-hydrogen) atoms. The quantitative estimate of drug-likeness (QED) is 0.103. The van der Waals surface area contributed by atoms with Crippen molar-refractivity contribution in [3.8, 4) is 0 Å². The van der Waals surface area contributed by atoms with Crippen molar-refractivity contribution in [2.75, 3.05) is 0 Å². The third kappa shape index (κ3) is 4.23. The second-order valence-corrected chi connectivity index (χ2v) is 13.2. The average molecular weight is 639 g/mol. The van der Waals surface area contributed by atoms with Gasteiger partial charge in [0.25, 0.3) is 0 Å². The van der Waals surface area contributed by atoms with E-state index in [1.807, 2.05) is 73.7 Å².